The minimum atomic E-state index is -0.425. The lowest BCUT2D eigenvalue weighted by Crippen LogP contribution is -2.40. The molecule has 0 aromatic heterocycles. The van der Waals surface area contributed by atoms with Crippen molar-refractivity contribution in [2.75, 3.05) is 13.1 Å². The molecule has 0 fully saturated rings. The zero-order valence-electron chi connectivity index (χ0n) is 11.4. The molecule has 1 rings (SSSR count). The Hall–Kier alpha value is -1.25. The first-order valence-corrected chi connectivity index (χ1v) is 6.18. The summed E-state index contributed by atoms with van der Waals surface area (Å²) in [7, 11) is 0. The molecule has 0 bridgehead atoms. The number of hydrogen-bond acceptors (Lipinski definition) is 2. The fraction of sp³-hybridized carbons (Fsp3) is 0.643. The maximum absolute atomic E-state index is 11.9. The maximum atomic E-state index is 11.9. The van der Waals surface area contributed by atoms with Crippen LogP contribution in [0.1, 0.15) is 40.5 Å². The second-order valence-electron chi connectivity index (χ2n) is 5.34. The quantitative estimate of drug-likeness (QED) is 0.735. The second kappa shape index (κ2) is 5.39. The van der Waals surface area contributed by atoms with E-state index in [0.717, 1.165) is 19.4 Å². The molecule has 1 aliphatic rings. The molecule has 0 radical (unpaired) electrons. The smallest absolute Gasteiger partial charge is 0.410 e. The van der Waals surface area contributed by atoms with E-state index >= 15 is 0 Å². The van der Waals surface area contributed by atoms with E-state index in [1.54, 1.807) is 4.90 Å². The number of carbonyl (C=O) groups excluding carboxylic acids is 1. The maximum Gasteiger partial charge on any atom is 0.410 e. The van der Waals surface area contributed by atoms with E-state index in [4.69, 9.17) is 4.74 Å². The standard InChI is InChI=1S/C14H23NO2/c1-6-11-8-9-15(10-12(11)7-2)13(16)17-14(3,4)5/h6H,1,7-10H2,2-5H3. The van der Waals surface area contributed by atoms with Crippen molar-refractivity contribution in [3.8, 4) is 0 Å². The Labute approximate surface area is 104 Å². The fourth-order valence-corrected chi connectivity index (χ4v) is 1.91. The molecule has 0 saturated carbocycles. The highest BCUT2D eigenvalue weighted by molar-refractivity contribution is 5.69. The van der Waals surface area contributed by atoms with Gasteiger partial charge in [0.25, 0.3) is 0 Å². The fourth-order valence-electron chi connectivity index (χ4n) is 1.91. The average Bonchev–Trinajstić information content (AvgIpc) is 2.25. The van der Waals surface area contributed by atoms with Crippen LogP contribution in [0.2, 0.25) is 0 Å². The summed E-state index contributed by atoms with van der Waals surface area (Å²) in [4.78, 5) is 13.7. The summed E-state index contributed by atoms with van der Waals surface area (Å²) in [6.07, 6.45) is 3.53. The zero-order chi connectivity index (χ0) is 13.1. The molecule has 1 aliphatic heterocycles. The number of ether oxygens (including phenoxy) is 1. The van der Waals surface area contributed by atoms with Crippen molar-refractivity contribution < 1.29 is 9.53 Å². The first kappa shape index (κ1) is 13.8. The van der Waals surface area contributed by atoms with Crippen LogP contribution in [0, 0.1) is 0 Å². The number of allylic oxidation sites excluding steroid dienone is 1. The number of nitrogens with zero attached hydrogens (tertiary/aromatic N) is 1. The number of amides is 1. The van der Waals surface area contributed by atoms with Crippen LogP contribution in [0.5, 0.6) is 0 Å². The normalized spacial score (nSPS) is 17.1. The summed E-state index contributed by atoms with van der Waals surface area (Å²) in [6, 6.07) is 0. The van der Waals surface area contributed by atoms with E-state index in [-0.39, 0.29) is 6.09 Å². The van der Waals surface area contributed by atoms with Crippen molar-refractivity contribution >= 4 is 6.09 Å². The first-order chi connectivity index (χ1) is 7.87. The largest absolute Gasteiger partial charge is 0.444 e. The number of hydrogen-bond donors (Lipinski definition) is 0. The van der Waals surface area contributed by atoms with Gasteiger partial charge in [0.2, 0.25) is 0 Å². The molecule has 0 N–H and O–H groups in total. The van der Waals surface area contributed by atoms with E-state index in [0.29, 0.717) is 6.54 Å². The molecule has 1 amide bonds. The van der Waals surface area contributed by atoms with Crippen LogP contribution in [-0.4, -0.2) is 29.7 Å². The number of carbonyl (C=O) groups is 1. The third kappa shape index (κ3) is 3.91. The van der Waals surface area contributed by atoms with Crippen LogP contribution < -0.4 is 0 Å². The molecule has 3 heteroatoms. The van der Waals surface area contributed by atoms with Gasteiger partial charge in [-0.15, -0.1) is 0 Å². The molecule has 96 valence electrons. The summed E-state index contributed by atoms with van der Waals surface area (Å²) in [5, 5.41) is 0. The van der Waals surface area contributed by atoms with Gasteiger partial charge in [0.15, 0.2) is 0 Å². The molecule has 0 aliphatic carbocycles. The Morgan fingerprint density at radius 2 is 2.18 bits per heavy atom. The van der Waals surface area contributed by atoms with Gasteiger partial charge in [0, 0.05) is 13.1 Å². The zero-order valence-corrected chi connectivity index (χ0v) is 11.4. The van der Waals surface area contributed by atoms with Gasteiger partial charge in [-0.1, -0.05) is 19.6 Å². The topological polar surface area (TPSA) is 29.5 Å². The number of rotatable bonds is 2. The van der Waals surface area contributed by atoms with Crippen LogP contribution >= 0.6 is 0 Å². The van der Waals surface area contributed by atoms with Gasteiger partial charge in [-0.3, -0.25) is 0 Å². The molecular weight excluding hydrogens is 214 g/mol. The predicted molar refractivity (Wildman–Crippen MR) is 69.9 cm³/mol. The molecule has 0 aromatic rings. The Kier molecular flexibility index (Phi) is 4.38. The molecule has 0 spiro atoms. The summed E-state index contributed by atoms with van der Waals surface area (Å²) < 4.78 is 5.38. The van der Waals surface area contributed by atoms with E-state index in [9.17, 15) is 4.79 Å². The molecule has 0 saturated heterocycles. The minimum absolute atomic E-state index is 0.216. The summed E-state index contributed by atoms with van der Waals surface area (Å²) in [6.45, 7) is 13.0. The van der Waals surface area contributed by atoms with E-state index in [1.807, 2.05) is 26.8 Å². The lowest BCUT2D eigenvalue weighted by Gasteiger charge is -2.31. The first-order valence-electron chi connectivity index (χ1n) is 6.18. The Balaban J connectivity index is 2.69. The van der Waals surface area contributed by atoms with Crippen LogP contribution in [0.4, 0.5) is 4.79 Å². The van der Waals surface area contributed by atoms with E-state index in [1.165, 1.54) is 11.1 Å². The lowest BCUT2D eigenvalue weighted by molar-refractivity contribution is 0.0259. The van der Waals surface area contributed by atoms with Gasteiger partial charge in [-0.25, -0.2) is 4.79 Å². The Morgan fingerprint density at radius 1 is 1.53 bits per heavy atom. The Morgan fingerprint density at radius 3 is 2.65 bits per heavy atom. The van der Waals surface area contributed by atoms with Gasteiger partial charge >= 0.3 is 6.09 Å². The average molecular weight is 237 g/mol. The van der Waals surface area contributed by atoms with Crippen molar-refractivity contribution in [2.45, 2.75) is 46.1 Å². The molecule has 17 heavy (non-hydrogen) atoms. The van der Waals surface area contributed by atoms with Crippen LogP contribution in [-0.2, 0) is 4.74 Å². The van der Waals surface area contributed by atoms with Gasteiger partial charge in [0.1, 0.15) is 5.60 Å². The molecule has 3 nitrogen and oxygen atoms in total. The van der Waals surface area contributed by atoms with Crippen LogP contribution in [0.15, 0.2) is 23.8 Å². The molecular formula is C14H23NO2. The summed E-state index contributed by atoms with van der Waals surface area (Å²) in [5.74, 6) is 0. The minimum Gasteiger partial charge on any atom is -0.444 e. The van der Waals surface area contributed by atoms with Crippen LogP contribution in [0.25, 0.3) is 0 Å². The highest BCUT2D eigenvalue weighted by atomic mass is 16.6. The summed E-state index contributed by atoms with van der Waals surface area (Å²) >= 11 is 0. The van der Waals surface area contributed by atoms with Crippen molar-refractivity contribution in [1.82, 2.24) is 4.90 Å². The Bertz CT molecular complexity index is 337. The van der Waals surface area contributed by atoms with Crippen molar-refractivity contribution in [3.05, 3.63) is 23.8 Å². The van der Waals surface area contributed by atoms with Gasteiger partial charge in [-0.2, -0.15) is 0 Å². The van der Waals surface area contributed by atoms with Crippen molar-refractivity contribution in [1.29, 1.82) is 0 Å². The second-order valence-corrected chi connectivity index (χ2v) is 5.34. The summed E-state index contributed by atoms with van der Waals surface area (Å²) in [5.41, 5.74) is 2.15. The van der Waals surface area contributed by atoms with Gasteiger partial charge in [-0.05, 0) is 44.8 Å². The highest BCUT2D eigenvalue weighted by Crippen LogP contribution is 2.22. The van der Waals surface area contributed by atoms with Crippen LogP contribution in [0.3, 0.4) is 0 Å². The van der Waals surface area contributed by atoms with E-state index < -0.39 is 5.60 Å². The molecule has 1 heterocycles. The van der Waals surface area contributed by atoms with E-state index in [2.05, 4.69) is 13.5 Å². The molecule has 0 aromatic carbocycles. The highest BCUT2D eigenvalue weighted by Gasteiger charge is 2.25. The predicted octanol–water partition coefficient (Wildman–Crippen LogP) is 3.52. The van der Waals surface area contributed by atoms with Gasteiger partial charge < -0.3 is 9.64 Å². The SMILES string of the molecule is C=CC1=C(CC)CN(C(=O)OC(C)(C)C)CC1. The molecule has 0 unspecified atom stereocenters. The monoisotopic (exact) mass is 237 g/mol. The third-order valence-corrected chi connectivity index (χ3v) is 2.81. The van der Waals surface area contributed by atoms with Crippen molar-refractivity contribution in [3.63, 3.8) is 0 Å². The third-order valence-electron chi connectivity index (χ3n) is 2.81. The molecule has 0 atom stereocenters. The lowest BCUT2D eigenvalue weighted by atomic mass is 9.98. The van der Waals surface area contributed by atoms with Crippen molar-refractivity contribution in [2.24, 2.45) is 0 Å². The van der Waals surface area contributed by atoms with Gasteiger partial charge in [0.05, 0.1) is 0 Å².